The van der Waals surface area contributed by atoms with E-state index in [4.69, 9.17) is 46.4 Å². The molecular formula is C8H6Cl4. The molecule has 12 heavy (non-hydrogen) atoms. The van der Waals surface area contributed by atoms with E-state index in [0.29, 0.717) is 20.1 Å². The van der Waals surface area contributed by atoms with Gasteiger partial charge >= 0.3 is 0 Å². The predicted octanol–water partition coefficient (Wildman–Crippen LogP) is 4.86. The molecule has 0 heterocycles. The lowest BCUT2D eigenvalue weighted by molar-refractivity contribution is 1.14. The highest BCUT2D eigenvalue weighted by Gasteiger charge is 2.11. The molecule has 0 aliphatic carbocycles. The third kappa shape index (κ3) is 1.82. The number of hydrogen-bond donors (Lipinski definition) is 0. The van der Waals surface area contributed by atoms with Crippen molar-refractivity contribution >= 4 is 46.4 Å². The van der Waals surface area contributed by atoms with Crippen LogP contribution in [0, 0.1) is 0 Å². The van der Waals surface area contributed by atoms with Gasteiger partial charge in [-0.05, 0) is 18.1 Å². The van der Waals surface area contributed by atoms with Crippen LogP contribution in [0.15, 0.2) is 6.07 Å². The molecule has 0 fully saturated rings. The van der Waals surface area contributed by atoms with Gasteiger partial charge in [0.2, 0.25) is 0 Å². The van der Waals surface area contributed by atoms with Gasteiger partial charge in [0.25, 0.3) is 0 Å². The summed E-state index contributed by atoms with van der Waals surface area (Å²) < 4.78 is 0. The Kier molecular flexibility index (Phi) is 3.54. The van der Waals surface area contributed by atoms with Crippen molar-refractivity contribution in [3.8, 4) is 0 Å². The van der Waals surface area contributed by atoms with E-state index < -0.39 is 0 Å². The van der Waals surface area contributed by atoms with Gasteiger partial charge in [-0.25, -0.2) is 0 Å². The standard InChI is InChI=1S/C8H6Cl4/c1-2-4-7(11)5(9)3-6(10)8(4)12/h3H,2H2,1H3. The van der Waals surface area contributed by atoms with Crippen LogP contribution in [0.5, 0.6) is 0 Å². The highest BCUT2D eigenvalue weighted by Crippen LogP contribution is 2.37. The van der Waals surface area contributed by atoms with Crippen molar-refractivity contribution in [3.05, 3.63) is 31.7 Å². The van der Waals surface area contributed by atoms with Crippen molar-refractivity contribution < 1.29 is 0 Å². The van der Waals surface area contributed by atoms with Crippen molar-refractivity contribution in [1.29, 1.82) is 0 Å². The second-order valence-electron chi connectivity index (χ2n) is 2.30. The molecule has 1 rings (SSSR count). The highest BCUT2D eigenvalue weighted by atomic mass is 35.5. The summed E-state index contributed by atoms with van der Waals surface area (Å²) in [5.41, 5.74) is 0.802. The van der Waals surface area contributed by atoms with Crippen molar-refractivity contribution in [2.45, 2.75) is 13.3 Å². The molecular weight excluding hydrogens is 238 g/mol. The zero-order valence-corrected chi connectivity index (χ0v) is 9.32. The van der Waals surface area contributed by atoms with Crippen LogP contribution in [0.3, 0.4) is 0 Å². The fourth-order valence-electron chi connectivity index (χ4n) is 0.933. The Labute approximate surface area is 91.4 Å². The van der Waals surface area contributed by atoms with Gasteiger partial charge in [-0.2, -0.15) is 0 Å². The maximum Gasteiger partial charge on any atom is 0.0640 e. The fourth-order valence-corrected chi connectivity index (χ4v) is 2.05. The normalized spacial score (nSPS) is 10.4. The van der Waals surface area contributed by atoms with Crippen LogP contribution < -0.4 is 0 Å². The minimum Gasteiger partial charge on any atom is -0.0826 e. The van der Waals surface area contributed by atoms with Gasteiger partial charge < -0.3 is 0 Å². The summed E-state index contributed by atoms with van der Waals surface area (Å²) in [4.78, 5) is 0. The van der Waals surface area contributed by atoms with E-state index in [1.807, 2.05) is 6.92 Å². The third-order valence-electron chi connectivity index (χ3n) is 1.56. The first-order valence-electron chi connectivity index (χ1n) is 3.39. The molecule has 66 valence electrons. The zero-order chi connectivity index (χ0) is 9.30. The second-order valence-corrected chi connectivity index (χ2v) is 3.87. The summed E-state index contributed by atoms with van der Waals surface area (Å²) in [5, 5.41) is 1.88. The van der Waals surface area contributed by atoms with Gasteiger partial charge in [-0.3, -0.25) is 0 Å². The third-order valence-corrected chi connectivity index (χ3v) is 3.21. The first-order valence-corrected chi connectivity index (χ1v) is 4.91. The molecule has 0 saturated heterocycles. The Morgan fingerprint density at radius 1 is 1.00 bits per heavy atom. The van der Waals surface area contributed by atoms with Gasteiger partial charge in [0, 0.05) is 0 Å². The molecule has 0 amide bonds. The molecule has 0 atom stereocenters. The molecule has 4 heteroatoms. The summed E-state index contributed by atoms with van der Waals surface area (Å²) >= 11 is 23.4. The number of rotatable bonds is 1. The molecule has 0 radical (unpaired) electrons. The minimum atomic E-state index is 0.447. The van der Waals surface area contributed by atoms with E-state index in [-0.39, 0.29) is 0 Å². The minimum absolute atomic E-state index is 0.447. The van der Waals surface area contributed by atoms with Gasteiger partial charge in [0.1, 0.15) is 0 Å². The number of benzene rings is 1. The van der Waals surface area contributed by atoms with E-state index in [2.05, 4.69) is 0 Å². The Balaban J connectivity index is 3.42. The smallest absolute Gasteiger partial charge is 0.0640 e. The van der Waals surface area contributed by atoms with Crippen molar-refractivity contribution in [2.24, 2.45) is 0 Å². The largest absolute Gasteiger partial charge is 0.0826 e. The van der Waals surface area contributed by atoms with Crippen LogP contribution in [0.25, 0.3) is 0 Å². The van der Waals surface area contributed by atoms with Crippen LogP contribution >= 0.6 is 46.4 Å². The Bertz CT molecular complexity index is 280. The summed E-state index contributed by atoms with van der Waals surface area (Å²) in [5.74, 6) is 0. The van der Waals surface area contributed by atoms with Gasteiger partial charge in [-0.1, -0.05) is 53.3 Å². The average molecular weight is 244 g/mol. The van der Waals surface area contributed by atoms with Crippen molar-refractivity contribution in [3.63, 3.8) is 0 Å². The Morgan fingerprint density at radius 2 is 1.42 bits per heavy atom. The van der Waals surface area contributed by atoms with E-state index in [1.165, 1.54) is 0 Å². The predicted molar refractivity (Wildman–Crippen MR) is 55.9 cm³/mol. The summed E-state index contributed by atoms with van der Waals surface area (Å²) in [6.07, 6.45) is 0.720. The van der Waals surface area contributed by atoms with Crippen LogP contribution in [-0.2, 0) is 6.42 Å². The number of hydrogen-bond acceptors (Lipinski definition) is 0. The molecule has 0 unspecified atom stereocenters. The quantitative estimate of drug-likeness (QED) is 0.618. The van der Waals surface area contributed by atoms with Gasteiger partial charge in [0.15, 0.2) is 0 Å². The molecule has 0 spiro atoms. The molecule has 0 aliphatic rings. The summed E-state index contributed by atoms with van der Waals surface area (Å²) in [6, 6.07) is 1.55. The van der Waals surface area contributed by atoms with E-state index >= 15 is 0 Å². The van der Waals surface area contributed by atoms with Gasteiger partial charge in [-0.15, -0.1) is 0 Å². The maximum atomic E-state index is 5.90. The van der Waals surface area contributed by atoms with Crippen LogP contribution in [0.1, 0.15) is 12.5 Å². The lowest BCUT2D eigenvalue weighted by Crippen LogP contribution is -1.86. The molecule has 1 aromatic rings. The molecule has 0 nitrogen and oxygen atoms in total. The summed E-state index contributed by atoms with van der Waals surface area (Å²) in [7, 11) is 0. The van der Waals surface area contributed by atoms with Crippen LogP contribution in [0.2, 0.25) is 20.1 Å². The second kappa shape index (κ2) is 4.06. The molecule has 0 bridgehead atoms. The summed E-state index contributed by atoms with van der Waals surface area (Å²) in [6.45, 7) is 1.94. The lowest BCUT2D eigenvalue weighted by atomic mass is 10.2. The van der Waals surface area contributed by atoms with Crippen molar-refractivity contribution in [2.75, 3.05) is 0 Å². The molecule has 0 aliphatic heterocycles. The SMILES string of the molecule is CCc1c(Cl)c(Cl)cc(Cl)c1Cl. The Morgan fingerprint density at radius 3 is 1.75 bits per heavy atom. The van der Waals surface area contributed by atoms with Crippen LogP contribution in [0.4, 0.5) is 0 Å². The first kappa shape index (κ1) is 10.5. The fraction of sp³-hybridized carbons (Fsp3) is 0.250. The van der Waals surface area contributed by atoms with E-state index in [1.54, 1.807) is 6.07 Å². The van der Waals surface area contributed by atoms with Crippen LogP contribution in [-0.4, -0.2) is 0 Å². The highest BCUT2D eigenvalue weighted by molar-refractivity contribution is 6.47. The molecule has 0 N–H and O–H groups in total. The average Bonchev–Trinajstić information content (AvgIpc) is 2.02. The first-order chi connectivity index (χ1) is 5.57. The molecule has 1 aromatic carbocycles. The monoisotopic (exact) mass is 242 g/mol. The van der Waals surface area contributed by atoms with E-state index in [9.17, 15) is 0 Å². The molecule has 0 saturated carbocycles. The number of halogens is 4. The maximum absolute atomic E-state index is 5.90. The van der Waals surface area contributed by atoms with Crippen molar-refractivity contribution in [1.82, 2.24) is 0 Å². The topological polar surface area (TPSA) is 0 Å². The lowest BCUT2D eigenvalue weighted by Gasteiger charge is -2.07. The zero-order valence-electron chi connectivity index (χ0n) is 6.30. The Hall–Kier alpha value is 0.380. The van der Waals surface area contributed by atoms with Gasteiger partial charge in [0.05, 0.1) is 20.1 Å². The van der Waals surface area contributed by atoms with E-state index in [0.717, 1.165) is 12.0 Å². The molecule has 0 aromatic heterocycles.